The van der Waals surface area contributed by atoms with E-state index in [0.29, 0.717) is 0 Å². The van der Waals surface area contributed by atoms with Gasteiger partial charge in [0, 0.05) is 10.5 Å². The van der Waals surface area contributed by atoms with Crippen LogP contribution in [0.25, 0.3) is 0 Å². The second-order valence-electron chi connectivity index (χ2n) is 1.99. The predicted octanol–water partition coefficient (Wildman–Crippen LogP) is 2.17. The summed E-state index contributed by atoms with van der Waals surface area (Å²) in [6, 6.07) is 5.53. The largest absolute Gasteiger partial charge is 0.497 e. The molecule has 0 aliphatic rings. The molecule has 12 heavy (non-hydrogen) atoms. The van der Waals surface area contributed by atoms with E-state index >= 15 is 0 Å². The van der Waals surface area contributed by atoms with Gasteiger partial charge in [-0.1, -0.05) is 0 Å². The van der Waals surface area contributed by atoms with E-state index in [0.717, 1.165) is 15.9 Å². The summed E-state index contributed by atoms with van der Waals surface area (Å²) in [6.45, 7) is 0. The highest BCUT2D eigenvalue weighted by Gasteiger charge is 1.98. The molecule has 0 amide bonds. The van der Waals surface area contributed by atoms with Gasteiger partial charge in [-0.25, -0.2) is 0 Å². The van der Waals surface area contributed by atoms with Gasteiger partial charge in [-0.15, -0.1) is 12.4 Å². The second kappa shape index (κ2) is 5.24. The van der Waals surface area contributed by atoms with Crippen molar-refractivity contribution in [3.63, 3.8) is 0 Å². The van der Waals surface area contributed by atoms with Crippen LogP contribution in [0.2, 0.25) is 0 Å². The monoisotopic (exact) mass is 252 g/mol. The Hall–Kier alpha value is -0.450. The van der Waals surface area contributed by atoms with E-state index in [-0.39, 0.29) is 12.4 Å². The average molecular weight is 254 g/mol. The van der Waals surface area contributed by atoms with Crippen LogP contribution in [-0.4, -0.2) is 7.11 Å². The number of nitrogens with two attached hydrogens (primary N) is 1. The number of anilines is 1. The topological polar surface area (TPSA) is 47.3 Å². The summed E-state index contributed by atoms with van der Waals surface area (Å²) in [4.78, 5) is 0. The van der Waals surface area contributed by atoms with Gasteiger partial charge in [0.1, 0.15) is 5.75 Å². The first kappa shape index (κ1) is 11.6. The molecule has 0 heterocycles. The molecule has 0 saturated carbocycles. The molecule has 0 aliphatic heterocycles. The van der Waals surface area contributed by atoms with Crippen molar-refractivity contribution in [2.24, 2.45) is 5.84 Å². The average Bonchev–Trinajstić information content (AvgIpc) is 2.05. The molecule has 0 aliphatic carbocycles. The number of rotatable bonds is 2. The van der Waals surface area contributed by atoms with Gasteiger partial charge in [0.15, 0.2) is 0 Å². The zero-order valence-electron chi connectivity index (χ0n) is 6.50. The molecule has 3 N–H and O–H groups in total. The molecule has 1 aromatic carbocycles. The number of hydrogen-bond acceptors (Lipinski definition) is 3. The minimum Gasteiger partial charge on any atom is -0.497 e. The predicted molar refractivity (Wildman–Crippen MR) is 55.8 cm³/mol. The fourth-order valence-electron chi connectivity index (χ4n) is 0.742. The first-order valence-corrected chi connectivity index (χ1v) is 3.87. The summed E-state index contributed by atoms with van der Waals surface area (Å²) < 4.78 is 5.91. The Morgan fingerprint density at radius 1 is 1.50 bits per heavy atom. The van der Waals surface area contributed by atoms with E-state index in [1.54, 1.807) is 7.11 Å². The molecule has 0 saturated heterocycles. The standard InChI is InChI=1S/C7H9BrN2O.ClH/c1-11-5-2-3-6(8)7(4-5)10-9;/h2-4,10H,9H2,1H3;1H. The van der Waals surface area contributed by atoms with E-state index < -0.39 is 0 Å². The first-order chi connectivity index (χ1) is 5.27. The SMILES string of the molecule is COc1ccc(Br)c(NN)c1.Cl. The number of nitrogens with one attached hydrogen (secondary N) is 1. The lowest BCUT2D eigenvalue weighted by atomic mass is 10.3. The van der Waals surface area contributed by atoms with Gasteiger partial charge in [0.05, 0.1) is 12.8 Å². The molecule has 0 bridgehead atoms. The fourth-order valence-corrected chi connectivity index (χ4v) is 1.10. The summed E-state index contributed by atoms with van der Waals surface area (Å²) >= 11 is 3.32. The zero-order chi connectivity index (χ0) is 8.27. The van der Waals surface area contributed by atoms with Crippen molar-refractivity contribution in [2.45, 2.75) is 0 Å². The van der Waals surface area contributed by atoms with Gasteiger partial charge in [-0.05, 0) is 28.1 Å². The third-order valence-corrected chi connectivity index (χ3v) is 2.02. The highest BCUT2D eigenvalue weighted by molar-refractivity contribution is 9.10. The maximum atomic E-state index is 5.24. The van der Waals surface area contributed by atoms with E-state index in [4.69, 9.17) is 10.6 Å². The minimum atomic E-state index is 0. The highest BCUT2D eigenvalue weighted by Crippen LogP contribution is 2.25. The summed E-state index contributed by atoms with van der Waals surface area (Å²) in [5.74, 6) is 6.02. The smallest absolute Gasteiger partial charge is 0.121 e. The number of methoxy groups -OCH3 is 1. The molecule has 1 aromatic rings. The van der Waals surface area contributed by atoms with Crippen LogP contribution in [0.1, 0.15) is 0 Å². The van der Waals surface area contributed by atoms with Crippen LogP contribution >= 0.6 is 28.3 Å². The summed E-state index contributed by atoms with van der Waals surface area (Å²) in [7, 11) is 1.61. The molecule has 68 valence electrons. The van der Waals surface area contributed by atoms with Crippen molar-refractivity contribution < 1.29 is 4.74 Å². The Kier molecular flexibility index (Phi) is 5.04. The molecule has 0 fully saturated rings. The van der Waals surface area contributed by atoms with Crippen LogP contribution in [0.3, 0.4) is 0 Å². The molecule has 0 spiro atoms. The molecule has 3 nitrogen and oxygen atoms in total. The Morgan fingerprint density at radius 2 is 2.17 bits per heavy atom. The van der Waals surface area contributed by atoms with Crippen molar-refractivity contribution in [1.82, 2.24) is 0 Å². The Balaban J connectivity index is 0.00000121. The van der Waals surface area contributed by atoms with E-state index in [1.165, 1.54) is 0 Å². The maximum absolute atomic E-state index is 5.24. The van der Waals surface area contributed by atoms with Crippen LogP contribution in [-0.2, 0) is 0 Å². The van der Waals surface area contributed by atoms with Crippen LogP contribution in [0.15, 0.2) is 22.7 Å². The van der Waals surface area contributed by atoms with Gasteiger partial charge in [0.25, 0.3) is 0 Å². The molecule has 0 atom stereocenters. The van der Waals surface area contributed by atoms with Gasteiger partial charge in [-0.3, -0.25) is 5.84 Å². The Labute approximate surface area is 85.8 Å². The van der Waals surface area contributed by atoms with Crippen molar-refractivity contribution >= 4 is 34.0 Å². The summed E-state index contributed by atoms with van der Waals surface area (Å²) in [5, 5.41) is 0. The quantitative estimate of drug-likeness (QED) is 0.627. The Bertz CT molecular complexity index is 257. The molecular weight excluding hydrogens is 243 g/mol. The summed E-state index contributed by atoms with van der Waals surface area (Å²) in [5.41, 5.74) is 3.35. The number of nitrogen functional groups attached to an aromatic ring is 1. The number of hydrogen-bond donors (Lipinski definition) is 2. The molecule has 0 aromatic heterocycles. The minimum absolute atomic E-state index is 0. The molecule has 5 heteroatoms. The number of halogens is 2. The number of benzene rings is 1. The van der Waals surface area contributed by atoms with Crippen molar-refractivity contribution in [1.29, 1.82) is 0 Å². The molecule has 0 radical (unpaired) electrons. The van der Waals surface area contributed by atoms with E-state index in [2.05, 4.69) is 21.4 Å². The second-order valence-corrected chi connectivity index (χ2v) is 2.84. The van der Waals surface area contributed by atoms with Gasteiger partial charge < -0.3 is 10.2 Å². The van der Waals surface area contributed by atoms with E-state index in [1.807, 2.05) is 18.2 Å². The van der Waals surface area contributed by atoms with Crippen LogP contribution < -0.4 is 16.0 Å². The van der Waals surface area contributed by atoms with Crippen LogP contribution in [0.4, 0.5) is 5.69 Å². The van der Waals surface area contributed by atoms with Crippen molar-refractivity contribution in [2.75, 3.05) is 12.5 Å². The van der Waals surface area contributed by atoms with Crippen LogP contribution in [0.5, 0.6) is 5.75 Å². The van der Waals surface area contributed by atoms with Crippen LogP contribution in [0, 0.1) is 0 Å². The lowest BCUT2D eigenvalue weighted by Gasteiger charge is -2.05. The molecule has 0 unspecified atom stereocenters. The summed E-state index contributed by atoms with van der Waals surface area (Å²) in [6.07, 6.45) is 0. The first-order valence-electron chi connectivity index (χ1n) is 3.08. The zero-order valence-corrected chi connectivity index (χ0v) is 8.91. The normalized spacial score (nSPS) is 8.58. The molecule has 1 rings (SSSR count). The van der Waals surface area contributed by atoms with Crippen molar-refractivity contribution in [3.8, 4) is 5.75 Å². The highest BCUT2D eigenvalue weighted by atomic mass is 79.9. The van der Waals surface area contributed by atoms with Gasteiger partial charge in [0.2, 0.25) is 0 Å². The fraction of sp³-hybridized carbons (Fsp3) is 0.143. The van der Waals surface area contributed by atoms with E-state index in [9.17, 15) is 0 Å². The number of ether oxygens (including phenoxy) is 1. The van der Waals surface area contributed by atoms with Crippen molar-refractivity contribution in [3.05, 3.63) is 22.7 Å². The number of hydrazine groups is 1. The lowest BCUT2D eigenvalue weighted by molar-refractivity contribution is 0.415. The third-order valence-electron chi connectivity index (χ3n) is 1.33. The lowest BCUT2D eigenvalue weighted by Crippen LogP contribution is -2.07. The third kappa shape index (κ3) is 2.55. The van der Waals surface area contributed by atoms with Gasteiger partial charge in [-0.2, -0.15) is 0 Å². The molecular formula is C7H10BrClN2O. The Morgan fingerprint density at radius 3 is 2.67 bits per heavy atom. The van der Waals surface area contributed by atoms with Gasteiger partial charge >= 0.3 is 0 Å². The maximum Gasteiger partial charge on any atom is 0.121 e.